The van der Waals surface area contributed by atoms with Crippen LogP contribution in [0.2, 0.25) is 0 Å². The summed E-state index contributed by atoms with van der Waals surface area (Å²) in [5.74, 6) is 0.149. The van der Waals surface area contributed by atoms with Crippen molar-refractivity contribution in [3.63, 3.8) is 0 Å². The number of methoxy groups -OCH3 is 1. The standard InChI is InChI=1S/C12H14N2O4/c1-17-10-5-3-2-4-8(10)9-6-11(14-13-9)18-7-12(15)16/h2-5,9,13H,6-7H2,1H3,(H,15,16). The van der Waals surface area contributed by atoms with E-state index in [1.54, 1.807) is 7.11 Å². The predicted octanol–water partition coefficient (Wildman–Crippen LogP) is 1.14. The van der Waals surface area contributed by atoms with Gasteiger partial charge in [-0.2, -0.15) is 0 Å². The van der Waals surface area contributed by atoms with Gasteiger partial charge in [0, 0.05) is 5.56 Å². The van der Waals surface area contributed by atoms with E-state index in [0.29, 0.717) is 12.3 Å². The number of ether oxygens (including phenoxy) is 2. The average molecular weight is 250 g/mol. The van der Waals surface area contributed by atoms with Gasteiger partial charge in [0.25, 0.3) is 0 Å². The van der Waals surface area contributed by atoms with Crippen LogP contribution in [0.5, 0.6) is 5.75 Å². The molecule has 1 atom stereocenters. The van der Waals surface area contributed by atoms with Gasteiger partial charge in [0.1, 0.15) is 5.75 Å². The molecule has 1 aliphatic heterocycles. The Hall–Kier alpha value is -2.24. The number of aliphatic carboxylic acids is 1. The van der Waals surface area contributed by atoms with E-state index >= 15 is 0 Å². The van der Waals surface area contributed by atoms with Crippen LogP contribution < -0.4 is 10.2 Å². The van der Waals surface area contributed by atoms with Gasteiger partial charge in [0.15, 0.2) is 6.61 Å². The van der Waals surface area contributed by atoms with E-state index in [1.165, 1.54) is 0 Å². The minimum atomic E-state index is -1.02. The van der Waals surface area contributed by atoms with Crippen molar-refractivity contribution in [3.8, 4) is 5.75 Å². The smallest absolute Gasteiger partial charge is 0.341 e. The number of hydrogen-bond acceptors (Lipinski definition) is 5. The monoisotopic (exact) mass is 250 g/mol. The highest BCUT2D eigenvalue weighted by atomic mass is 16.5. The SMILES string of the molecule is COc1ccccc1C1CC(OCC(=O)O)=NN1. The van der Waals surface area contributed by atoms with Crippen LogP contribution in [0, 0.1) is 0 Å². The number of para-hydroxylation sites is 1. The van der Waals surface area contributed by atoms with Gasteiger partial charge < -0.3 is 14.6 Å². The zero-order chi connectivity index (χ0) is 13.0. The van der Waals surface area contributed by atoms with Crippen molar-refractivity contribution in [2.45, 2.75) is 12.5 Å². The minimum Gasteiger partial charge on any atom is -0.496 e. The van der Waals surface area contributed by atoms with Gasteiger partial charge in [0.2, 0.25) is 5.90 Å². The molecule has 1 aliphatic rings. The average Bonchev–Trinajstić information content (AvgIpc) is 2.85. The molecule has 1 unspecified atom stereocenters. The van der Waals surface area contributed by atoms with Gasteiger partial charge in [-0.25, -0.2) is 4.79 Å². The summed E-state index contributed by atoms with van der Waals surface area (Å²) in [5, 5.41) is 12.5. The number of carboxylic acids is 1. The third-order valence-corrected chi connectivity index (χ3v) is 2.60. The van der Waals surface area contributed by atoms with Gasteiger partial charge in [0.05, 0.1) is 19.6 Å². The first kappa shape index (κ1) is 12.2. The summed E-state index contributed by atoms with van der Waals surface area (Å²) in [6, 6.07) is 7.56. The van der Waals surface area contributed by atoms with Crippen molar-refractivity contribution in [1.29, 1.82) is 0 Å². The van der Waals surface area contributed by atoms with E-state index in [2.05, 4.69) is 10.5 Å². The van der Waals surface area contributed by atoms with E-state index < -0.39 is 5.97 Å². The van der Waals surface area contributed by atoms with Gasteiger partial charge in [-0.05, 0) is 6.07 Å². The maximum Gasteiger partial charge on any atom is 0.341 e. The summed E-state index contributed by atoms with van der Waals surface area (Å²) in [4.78, 5) is 10.4. The van der Waals surface area contributed by atoms with E-state index in [4.69, 9.17) is 14.6 Å². The number of hydrogen-bond donors (Lipinski definition) is 2. The molecule has 18 heavy (non-hydrogen) atoms. The van der Waals surface area contributed by atoms with Crippen LogP contribution in [-0.4, -0.2) is 30.7 Å². The molecule has 0 radical (unpaired) electrons. The molecular formula is C12H14N2O4. The van der Waals surface area contributed by atoms with E-state index in [9.17, 15) is 4.79 Å². The second-order valence-electron chi connectivity index (χ2n) is 3.82. The van der Waals surface area contributed by atoms with Gasteiger partial charge >= 0.3 is 5.97 Å². The molecule has 96 valence electrons. The maximum atomic E-state index is 10.4. The van der Waals surface area contributed by atoms with Crippen LogP contribution in [0.25, 0.3) is 0 Å². The molecule has 0 saturated heterocycles. The third kappa shape index (κ3) is 2.71. The quantitative estimate of drug-likeness (QED) is 0.837. The molecule has 1 aromatic carbocycles. The molecular weight excluding hydrogens is 236 g/mol. The Balaban J connectivity index is 2.00. The van der Waals surface area contributed by atoms with Crippen molar-refractivity contribution in [3.05, 3.63) is 29.8 Å². The van der Waals surface area contributed by atoms with E-state index in [1.807, 2.05) is 24.3 Å². The van der Waals surface area contributed by atoms with Crippen molar-refractivity contribution in [2.24, 2.45) is 5.10 Å². The zero-order valence-electron chi connectivity index (χ0n) is 9.92. The zero-order valence-corrected chi connectivity index (χ0v) is 9.92. The van der Waals surface area contributed by atoms with Crippen molar-refractivity contribution in [1.82, 2.24) is 5.43 Å². The Bertz CT molecular complexity index is 473. The first-order valence-corrected chi connectivity index (χ1v) is 5.50. The number of rotatable bonds is 4. The van der Waals surface area contributed by atoms with E-state index in [-0.39, 0.29) is 12.6 Å². The van der Waals surface area contributed by atoms with Crippen molar-refractivity contribution in [2.75, 3.05) is 13.7 Å². The Labute approximate surface area is 104 Å². The lowest BCUT2D eigenvalue weighted by molar-refractivity contribution is -0.139. The Morgan fingerprint density at radius 2 is 2.33 bits per heavy atom. The van der Waals surface area contributed by atoms with Crippen LogP contribution in [-0.2, 0) is 9.53 Å². The second-order valence-corrected chi connectivity index (χ2v) is 3.82. The minimum absolute atomic E-state index is 0.0510. The first-order valence-electron chi connectivity index (χ1n) is 5.50. The molecule has 6 heteroatoms. The van der Waals surface area contributed by atoms with Crippen LogP contribution >= 0.6 is 0 Å². The number of benzene rings is 1. The van der Waals surface area contributed by atoms with Crippen molar-refractivity contribution < 1.29 is 19.4 Å². The van der Waals surface area contributed by atoms with Gasteiger partial charge in [-0.1, -0.05) is 18.2 Å². The fourth-order valence-electron chi connectivity index (χ4n) is 1.79. The molecule has 0 saturated carbocycles. The molecule has 0 amide bonds. The molecule has 1 heterocycles. The topological polar surface area (TPSA) is 80.2 Å². The number of carbonyl (C=O) groups is 1. The van der Waals surface area contributed by atoms with Gasteiger partial charge in [-0.3, -0.25) is 5.43 Å². The molecule has 1 aromatic rings. The lowest BCUT2D eigenvalue weighted by Crippen LogP contribution is -2.13. The first-order chi connectivity index (χ1) is 8.70. The number of nitrogens with one attached hydrogen (secondary N) is 1. The summed E-state index contributed by atoms with van der Waals surface area (Å²) in [6.07, 6.45) is 0.508. The highest BCUT2D eigenvalue weighted by Gasteiger charge is 2.24. The fraction of sp³-hybridized carbons (Fsp3) is 0.333. The highest BCUT2D eigenvalue weighted by molar-refractivity contribution is 5.81. The van der Waals surface area contributed by atoms with E-state index in [0.717, 1.165) is 11.3 Å². The molecule has 0 spiro atoms. The summed E-state index contributed by atoms with van der Waals surface area (Å²) < 4.78 is 10.3. The summed E-state index contributed by atoms with van der Waals surface area (Å²) >= 11 is 0. The molecule has 0 aromatic heterocycles. The lowest BCUT2D eigenvalue weighted by atomic mass is 10.0. The third-order valence-electron chi connectivity index (χ3n) is 2.60. The molecule has 6 nitrogen and oxygen atoms in total. The lowest BCUT2D eigenvalue weighted by Gasteiger charge is -2.13. The largest absolute Gasteiger partial charge is 0.496 e. The molecule has 0 aliphatic carbocycles. The number of hydrazone groups is 1. The molecule has 2 rings (SSSR count). The number of carboxylic acid groups (broad SMARTS) is 1. The highest BCUT2D eigenvalue weighted by Crippen LogP contribution is 2.29. The van der Waals surface area contributed by atoms with Crippen LogP contribution in [0.4, 0.5) is 0 Å². The maximum absolute atomic E-state index is 10.4. The Morgan fingerprint density at radius 1 is 1.56 bits per heavy atom. The summed E-state index contributed by atoms with van der Waals surface area (Å²) in [7, 11) is 1.61. The number of nitrogens with zero attached hydrogens (tertiary/aromatic N) is 1. The Kier molecular flexibility index (Phi) is 3.66. The molecule has 2 N–H and O–H groups in total. The Morgan fingerprint density at radius 3 is 3.06 bits per heavy atom. The van der Waals surface area contributed by atoms with Crippen LogP contribution in [0.3, 0.4) is 0 Å². The molecule has 0 bridgehead atoms. The summed E-state index contributed by atoms with van der Waals surface area (Å²) in [6.45, 7) is -0.376. The second kappa shape index (κ2) is 5.39. The summed E-state index contributed by atoms with van der Waals surface area (Å²) in [5.41, 5.74) is 3.88. The normalized spacial score (nSPS) is 17.8. The van der Waals surface area contributed by atoms with Crippen LogP contribution in [0.1, 0.15) is 18.0 Å². The van der Waals surface area contributed by atoms with Gasteiger partial charge in [-0.15, -0.1) is 5.10 Å². The fourth-order valence-corrected chi connectivity index (χ4v) is 1.79. The predicted molar refractivity (Wildman–Crippen MR) is 64.5 cm³/mol. The molecule has 0 fully saturated rings. The van der Waals surface area contributed by atoms with Crippen molar-refractivity contribution >= 4 is 11.9 Å². The van der Waals surface area contributed by atoms with Crippen LogP contribution in [0.15, 0.2) is 29.4 Å².